The van der Waals surface area contributed by atoms with Crippen LogP contribution in [-0.2, 0) is 21.0 Å². The maximum atomic E-state index is 14.1. The van der Waals surface area contributed by atoms with Crippen LogP contribution < -0.4 is 25.6 Å². The zero-order valence-corrected chi connectivity index (χ0v) is 28.4. The predicted octanol–water partition coefficient (Wildman–Crippen LogP) is 5.25. The number of alkyl halides is 3. The molecule has 3 N–H and O–H groups in total. The second-order valence-electron chi connectivity index (χ2n) is 11.7. The Bertz CT molecular complexity index is 1730. The highest BCUT2D eigenvalue weighted by molar-refractivity contribution is 7.88. The number of aromatic nitrogens is 2. The quantitative estimate of drug-likeness (QED) is 0.204. The molecule has 1 amide bonds. The lowest BCUT2D eigenvalue weighted by Crippen LogP contribution is -2.37. The number of nitrogens with one attached hydrogen (secondary N) is 3. The van der Waals surface area contributed by atoms with Gasteiger partial charge >= 0.3 is 6.18 Å². The molecule has 0 saturated carbocycles. The highest BCUT2D eigenvalue weighted by atomic mass is 32.2. The molecule has 48 heavy (non-hydrogen) atoms. The summed E-state index contributed by atoms with van der Waals surface area (Å²) in [7, 11) is 3.94. The first-order valence-electron chi connectivity index (χ1n) is 15.1. The van der Waals surface area contributed by atoms with Crippen LogP contribution in [-0.4, -0.2) is 94.2 Å². The molecule has 1 fully saturated rings. The number of amides is 1. The molecule has 0 spiro atoms. The predicted molar refractivity (Wildman–Crippen MR) is 182 cm³/mol. The molecule has 1 aliphatic rings. The number of methoxy groups -OCH3 is 1. The van der Waals surface area contributed by atoms with E-state index in [4.69, 9.17) is 4.74 Å². The van der Waals surface area contributed by atoms with Gasteiger partial charge in [-0.25, -0.2) is 17.7 Å². The molecule has 0 unspecified atom stereocenters. The van der Waals surface area contributed by atoms with Crippen LogP contribution in [0.15, 0.2) is 55.3 Å². The number of hydrogen-bond donors (Lipinski definition) is 3. The molecule has 2 heterocycles. The number of nitrogens with zero attached hydrogens (tertiary/aromatic N) is 5. The van der Waals surface area contributed by atoms with Gasteiger partial charge in [0.2, 0.25) is 21.9 Å². The molecular weight excluding hydrogens is 649 g/mol. The summed E-state index contributed by atoms with van der Waals surface area (Å²) >= 11 is 0. The van der Waals surface area contributed by atoms with Gasteiger partial charge < -0.3 is 30.5 Å². The number of hydrogen-bond acceptors (Lipinski definition) is 10. The summed E-state index contributed by atoms with van der Waals surface area (Å²) in [6.45, 7) is 5.68. The molecule has 1 saturated heterocycles. The highest BCUT2D eigenvalue weighted by Gasteiger charge is 2.35. The van der Waals surface area contributed by atoms with E-state index in [0.717, 1.165) is 18.2 Å². The summed E-state index contributed by atoms with van der Waals surface area (Å²) in [6, 6.07) is 10.2. The Labute approximate surface area is 279 Å². The van der Waals surface area contributed by atoms with E-state index in [1.54, 1.807) is 18.2 Å². The number of benzene rings is 2. The number of carbonyl (C=O) groups excluding carboxylic acids is 1. The number of halogens is 3. The first-order valence-corrected chi connectivity index (χ1v) is 17.0. The van der Waals surface area contributed by atoms with E-state index in [2.05, 4.69) is 32.5 Å². The minimum Gasteiger partial charge on any atom is -0.495 e. The number of carbonyl (C=O) groups is 1. The maximum Gasteiger partial charge on any atom is 0.421 e. The third-order valence-electron chi connectivity index (χ3n) is 7.96. The first kappa shape index (κ1) is 36.4. The second kappa shape index (κ2) is 15.2. The minimum absolute atomic E-state index is 0.113. The van der Waals surface area contributed by atoms with Gasteiger partial charge in [-0.2, -0.15) is 18.2 Å². The van der Waals surface area contributed by atoms with E-state index in [1.165, 1.54) is 23.7 Å². The number of ether oxygens (including phenoxy) is 1. The van der Waals surface area contributed by atoms with Gasteiger partial charge in [0, 0.05) is 45.1 Å². The van der Waals surface area contributed by atoms with E-state index < -0.39 is 33.5 Å². The Hall–Kier alpha value is -4.41. The summed E-state index contributed by atoms with van der Waals surface area (Å²) in [4.78, 5) is 24.2. The van der Waals surface area contributed by atoms with Gasteiger partial charge in [0.1, 0.15) is 17.1 Å². The van der Waals surface area contributed by atoms with Crippen LogP contribution in [0.2, 0.25) is 0 Å². The summed E-state index contributed by atoms with van der Waals surface area (Å²) < 4.78 is 73.1. The van der Waals surface area contributed by atoms with Crippen molar-refractivity contribution in [1.82, 2.24) is 19.2 Å². The molecule has 2 aromatic carbocycles. The molecule has 12 nitrogen and oxygen atoms in total. The number of likely N-dealkylation sites (N-methyl/N-ethyl adjacent to an activating group) is 2. The van der Waals surface area contributed by atoms with Gasteiger partial charge in [-0.1, -0.05) is 12.6 Å². The summed E-state index contributed by atoms with van der Waals surface area (Å²) in [6.07, 6.45) is -0.475. The van der Waals surface area contributed by atoms with Gasteiger partial charge in [0.05, 0.1) is 30.4 Å². The second-order valence-corrected chi connectivity index (χ2v) is 13.7. The third kappa shape index (κ3) is 9.35. The number of sulfonamides is 1. The van der Waals surface area contributed by atoms with Crippen molar-refractivity contribution in [3.63, 3.8) is 0 Å². The van der Waals surface area contributed by atoms with Crippen molar-refractivity contribution >= 4 is 50.4 Å². The average molecular weight is 691 g/mol. The molecule has 0 atom stereocenters. The molecular formula is C32H41F3N8O4S. The van der Waals surface area contributed by atoms with Gasteiger partial charge in [-0.15, -0.1) is 0 Å². The maximum absolute atomic E-state index is 14.1. The van der Waals surface area contributed by atoms with E-state index in [1.807, 2.05) is 43.1 Å². The van der Waals surface area contributed by atoms with Gasteiger partial charge in [-0.05, 0) is 74.8 Å². The summed E-state index contributed by atoms with van der Waals surface area (Å²) in [5.41, 5.74) is 1.59. The highest BCUT2D eigenvalue weighted by Crippen LogP contribution is 2.38. The lowest BCUT2D eigenvalue weighted by atomic mass is 9.90. The molecule has 4 rings (SSSR count). The van der Waals surface area contributed by atoms with Crippen LogP contribution in [0.3, 0.4) is 0 Å². The van der Waals surface area contributed by atoms with Crippen LogP contribution in [0, 0.1) is 0 Å². The van der Waals surface area contributed by atoms with Crippen molar-refractivity contribution < 1.29 is 31.1 Å². The smallest absolute Gasteiger partial charge is 0.421 e. The standard InChI is InChI=1S/C32H41F3N8O4S/c1-7-29(44)38-26-19-23(9-11-27(26)42(4)17-16-41(2)3)37-30-24(32(33,34)35)20-36-31(40-30)39-25-10-8-22(18-28(25)47-5)21-12-14-43(15-13-21)48(6,45)46/h7-11,18-21H,1,12-17H2,2-6H3,(H,38,44)(H2,36,37,39,40). The van der Waals surface area contributed by atoms with Crippen molar-refractivity contribution in [2.24, 2.45) is 0 Å². The minimum atomic E-state index is -4.76. The van der Waals surface area contributed by atoms with Crippen LogP contribution in [0.5, 0.6) is 5.75 Å². The van der Waals surface area contributed by atoms with E-state index in [-0.39, 0.29) is 17.6 Å². The fourth-order valence-corrected chi connectivity index (χ4v) is 6.16. The van der Waals surface area contributed by atoms with Crippen LogP contribution >= 0.6 is 0 Å². The van der Waals surface area contributed by atoms with Gasteiger partial charge in [0.15, 0.2) is 0 Å². The van der Waals surface area contributed by atoms with Crippen molar-refractivity contribution in [2.45, 2.75) is 24.9 Å². The van der Waals surface area contributed by atoms with Gasteiger partial charge in [0.25, 0.3) is 0 Å². The zero-order valence-electron chi connectivity index (χ0n) is 27.6. The Morgan fingerprint density at radius 3 is 2.40 bits per heavy atom. The summed E-state index contributed by atoms with van der Waals surface area (Å²) in [5.74, 6) is -0.545. The molecule has 1 aliphatic heterocycles. The third-order valence-corrected chi connectivity index (χ3v) is 9.26. The molecule has 16 heteroatoms. The Morgan fingerprint density at radius 1 is 1.08 bits per heavy atom. The fraction of sp³-hybridized carbons (Fsp3) is 0.406. The number of anilines is 6. The fourth-order valence-electron chi connectivity index (χ4n) is 5.29. The van der Waals surface area contributed by atoms with E-state index in [0.29, 0.717) is 61.5 Å². The number of piperidine rings is 1. The lowest BCUT2D eigenvalue weighted by molar-refractivity contribution is -0.137. The molecule has 0 bridgehead atoms. The van der Waals surface area contributed by atoms with E-state index in [9.17, 15) is 26.4 Å². The number of rotatable bonds is 13. The molecule has 260 valence electrons. The van der Waals surface area contributed by atoms with Crippen LogP contribution in [0.25, 0.3) is 0 Å². The SMILES string of the molecule is C=CC(=O)Nc1cc(Nc2nc(Nc3ccc(C4CCN(S(C)(=O)=O)CC4)cc3OC)ncc2C(F)(F)F)ccc1N(C)CCN(C)C. The Morgan fingerprint density at radius 2 is 1.79 bits per heavy atom. The molecule has 3 aromatic rings. The van der Waals surface area contributed by atoms with Crippen molar-refractivity contribution in [2.75, 3.05) is 81.5 Å². The lowest BCUT2D eigenvalue weighted by Gasteiger charge is -2.30. The monoisotopic (exact) mass is 690 g/mol. The van der Waals surface area contributed by atoms with Crippen molar-refractivity contribution in [3.05, 3.63) is 66.4 Å². The van der Waals surface area contributed by atoms with Crippen LogP contribution in [0.1, 0.15) is 29.9 Å². The Kier molecular flexibility index (Phi) is 11.5. The molecule has 1 aromatic heterocycles. The normalized spacial score (nSPS) is 14.4. The molecule has 0 radical (unpaired) electrons. The Balaban J connectivity index is 1.61. The van der Waals surface area contributed by atoms with Gasteiger partial charge in [-0.3, -0.25) is 4.79 Å². The first-order chi connectivity index (χ1) is 22.6. The topological polar surface area (TPSA) is 132 Å². The van der Waals surface area contributed by atoms with Crippen LogP contribution in [0.4, 0.5) is 47.7 Å². The van der Waals surface area contributed by atoms with Crippen molar-refractivity contribution in [1.29, 1.82) is 0 Å². The van der Waals surface area contributed by atoms with E-state index >= 15 is 0 Å². The average Bonchev–Trinajstić information content (AvgIpc) is 3.03. The zero-order chi connectivity index (χ0) is 35.2. The molecule has 0 aliphatic carbocycles. The summed E-state index contributed by atoms with van der Waals surface area (Å²) in [5, 5.41) is 8.44. The van der Waals surface area contributed by atoms with Crippen molar-refractivity contribution in [3.8, 4) is 5.75 Å². The largest absolute Gasteiger partial charge is 0.495 e.